The molecule has 1 aromatic carbocycles. The summed E-state index contributed by atoms with van der Waals surface area (Å²) in [6.45, 7) is 7.80. The topological polar surface area (TPSA) is 95.4 Å². The van der Waals surface area contributed by atoms with Crippen LogP contribution in [0.3, 0.4) is 0 Å². The van der Waals surface area contributed by atoms with E-state index in [2.05, 4.69) is 47.3 Å². The molecule has 0 spiro atoms. The molecular weight excluding hydrogens is 452 g/mol. The normalized spacial score (nSPS) is 32.7. The fourth-order valence-corrected chi connectivity index (χ4v) is 7.31. The number of amides is 2. The van der Waals surface area contributed by atoms with Gasteiger partial charge in [-0.1, -0.05) is 45.0 Å². The van der Waals surface area contributed by atoms with Gasteiger partial charge >= 0.3 is 0 Å². The molecule has 1 unspecified atom stereocenters. The molecule has 5 rings (SSSR count). The molecule has 36 heavy (non-hydrogen) atoms. The van der Waals surface area contributed by atoms with Crippen molar-refractivity contribution >= 4 is 11.8 Å². The quantitative estimate of drug-likeness (QED) is 0.683. The molecular formula is C29H38N4O3. The molecule has 192 valence electrons. The fraction of sp³-hybridized carbons (Fsp3) is 0.586. The number of rotatable bonds is 4. The summed E-state index contributed by atoms with van der Waals surface area (Å²) in [6.07, 6.45) is 8.52. The zero-order valence-corrected chi connectivity index (χ0v) is 21.6. The maximum absolute atomic E-state index is 13.6. The van der Waals surface area contributed by atoms with Crippen LogP contribution in [0.2, 0.25) is 0 Å². The summed E-state index contributed by atoms with van der Waals surface area (Å²) in [7, 11) is 0. The summed E-state index contributed by atoms with van der Waals surface area (Å²) in [5, 5.41) is 14.9. The van der Waals surface area contributed by atoms with Crippen LogP contribution >= 0.6 is 0 Å². The molecule has 7 nitrogen and oxygen atoms in total. The Kier molecular flexibility index (Phi) is 6.86. The molecule has 7 atom stereocenters. The van der Waals surface area contributed by atoms with Crippen LogP contribution in [0.5, 0.6) is 0 Å². The van der Waals surface area contributed by atoms with Gasteiger partial charge in [0.05, 0.1) is 12.3 Å². The summed E-state index contributed by atoms with van der Waals surface area (Å²) in [6, 6.07) is 8.31. The second-order valence-electron chi connectivity index (χ2n) is 11.5. The van der Waals surface area contributed by atoms with E-state index in [-0.39, 0.29) is 46.9 Å². The lowest BCUT2D eigenvalue weighted by atomic mass is 9.51. The molecule has 1 aromatic heterocycles. The molecule has 2 fully saturated rings. The summed E-state index contributed by atoms with van der Waals surface area (Å²) in [5.74, 6) is -0.283. The summed E-state index contributed by atoms with van der Waals surface area (Å²) in [5.41, 5.74) is 2.87. The molecule has 0 radical (unpaired) electrons. The molecule has 2 heterocycles. The highest BCUT2D eigenvalue weighted by Gasteiger charge is 2.54. The minimum absolute atomic E-state index is 0.00987. The van der Waals surface area contributed by atoms with Crippen molar-refractivity contribution in [1.29, 1.82) is 0 Å². The first-order valence-corrected chi connectivity index (χ1v) is 13.4. The van der Waals surface area contributed by atoms with Gasteiger partial charge in [0.15, 0.2) is 0 Å². The van der Waals surface area contributed by atoms with Gasteiger partial charge in [-0.25, -0.2) is 4.98 Å². The van der Waals surface area contributed by atoms with E-state index in [1.807, 2.05) is 17.9 Å². The van der Waals surface area contributed by atoms with Gasteiger partial charge in [0.25, 0.3) is 5.91 Å². The van der Waals surface area contributed by atoms with Crippen molar-refractivity contribution in [3.8, 4) is 0 Å². The molecule has 0 saturated heterocycles. The van der Waals surface area contributed by atoms with E-state index in [1.165, 1.54) is 23.5 Å². The predicted molar refractivity (Wildman–Crippen MR) is 137 cm³/mol. The van der Waals surface area contributed by atoms with Crippen LogP contribution < -0.4 is 5.32 Å². The number of hydrogen-bond acceptors (Lipinski definition) is 5. The van der Waals surface area contributed by atoms with Gasteiger partial charge in [0.1, 0.15) is 5.69 Å². The third-order valence-electron chi connectivity index (χ3n) is 9.47. The lowest BCUT2D eigenvalue weighted by molar-refractivity contribution is -0.150. The SMILES string of the molecule is C[C@H]1[C@@H]2[C@@H](O)C([C@H](C)C(=O)N3CCc4ccccc4C3)CC[C@@]2(C)CC[C@@H]1NC(=O)c1cnccn1. The number of carbonyl (C=O) groups is 2. The van der Waals surface area contributed by atoms with Gasteiger partial charge < -0.3 is 15.3 Å². The highest BCUT2D eigenvalue weighted by Crippen LogP contribution is 2.55. The number of benzene rings is 1. The standard InChI is InChI=1S/C29H38N4O3/c1-18(28(36)33-15-10-20-6-4-5-7-21(20)17-33)22-8-11-29(3)12-9-23(19(2)25(29)26(22)34)32-27(35)24-16-30-13-14-31-24/h4-7,13-14,16,18-19,22-23,25-26,34H,8-12,15,17H2,1-3H3,(H,32,35)/t18-,19+,22?,23-,25+,26-,29-/m0/s1. The predicted octanol–water partition coefficient (Wildman–Crippen LogP) is 3.62. The molecule has 7 heteroatoms. The van der Waals surface area contributed by atoms with Gasteiger partial charge in [-0.15, -0.1) is 0 Å². The molecule has 2 amide bonds. The van der Waals surface area contributed by atoms with Crippen LogP contribution in [0.25, 0.3) is 0 Å². The Labute approximate surface area is 213 Å². The van der Waals surface area contributed by atoms with Crippen LogP contribution in [0.1, 0.15) is 68.1 Å². The highest BCUT2D eigenvalue weighted by atomic mass is 16.3. The molecule has 2 aromatic rings. The number of aromatic nitrogens is 2. The second-order valence-corrected chi connectivity index (χ2v) is 11.5. The Morgan fingerprint density at radius 3 is 2.67 bits per heavy atom. The van der Waals surface area contributed by atoms with Crippen LogP contribution in [0.4, 0.5) is 0 Å². The van der Waals surface area contributed by atoms with Crippen molar-refractivity contribution in [2.24, 2.45) is 29.1 Å². The third-order valence-corrected chi connectivity index (χ3v) is 9.47. The van der Waals surface area contributed by atoms with E-state index in [4.69, 9.17) is 0 Å². The van der Waals surface area contributed by atoms with Crippen molar-refractivity contribution in [3.05, 3.63) is 59.7 Å². The third kappa shape index (κ3) is 4.54. The van der Waals surface area contributed by atoms with Crippen LogP contribution in [0, 0.1) is 29.1 Å². The number of aliphatic hydroxyl groups is 1. The Balaban J connectivity index is 1.28. The largest absolute Gasteiger partial charge is 0.392 e. The second kappa shape index (κ2) is 9.92. The van der Waals surface area contributed by atoms with Gasteiger partial charge in [0, 0.05) is 37.4 Å². The molecule has 3 aliphatic rings. The van der Waals surface area contributed by atoms with Crippen LogP contribution in [-0.2, 0) is 17.8 Å². The number of carbonyl (C=O) groups excluding carboxylic acids is 2. The fourth-order valence-electron chi connectivity index (χ4n) is 7.31. The van der Waals surface area contributed by atoms with E-state index in [0.29, 0.717) is 12.2 Å². The van der Waals surface area contributed by atoms with Crippen LogP contribution in [0.15, 0.2) is 42.9 Å². The van der Waals surface area contributed by atoms with Crippen LogP contribution in [-0.4, -0.2) is 50.5 Å². The minimum atomic E-state index is -0.578. The van der Waals surface area contributed by atoms with Crippen molar-refractivity contribution in [2.45, 2.75) is 71.6 Å². The number of fused-ring (bicyclic) bond motifs is 2. The lowest BCUT2D eigenvalue weighted by Gasteiger charge is -2.56. The first kappa shape index (κ1) is 24.9. The van der Waals surface area contributed by atoms with Gasteiger partial charge in [0.2, 0.25) is 5.91 Å². The molecule has 2 aliphatic carbocycles. The Hall–Kier alpha value is -2.80. The zero-order valence-electron chi connectivity index (χ0n) is 21.6. The zero-order chi connectivity index (χ0) is 25.4. The van der Waals surface area contributed by atoms with E-state index < -0.39 is 6.10 Å². The van der Waals surface area contributed by atoms with Gasteiger partial charge in [-0.3, -0.25) is 14.6 Å². The monoisotopic (exact) mass is 490 g/mol. The average molecular weight is 491 g/mol. The highest BCUT2D eigenvalue weighted by molar-refractivity contribution is 5.92. The van der Waals surface area contributed by atoms with Crippen molar-refractivity contribution in [2.75, 3.05) is 6.54 Å². The first-order chi connectivity index (χ1) is 17.3. The summed E-state index contributed by atoms with van der Waals surface area (Å²) < 4.78 is 0. The first-order valence-electron chi connectivity index (χ1n) is 13.4. The molecule has 0 bridgehead atoms. The molecule has 2 saturated carbocycles. The summed E-state index contributed by atoms with van der Waals surface area (Å²) in [4.78, 5) is 36.5. The summed E-state index contributed by atoms with van der Waals surface area (Å²) >= 11 is 0. The number of aliphatic hydroxyl groups excluding tert-OH is 1. The Morgan fingerprint density at radius 2 is 1.92 bits per heavy atom. The van der Waals surface area contributed by atoms with E-state index >= 15 is 0 Å². The molecule has 1 aliphatic heterocycles. The van der Waals surface area contributed by atoms with Gasteiger partial charge in [-0.2, -0.15) is 0 Å². The van der Waals surface area contributed by atoms with Gasteiger partial charge in [-0.05, 0) is 66.4 Å². The minimum Gasteiger partial charge on any atom is -0.392 e. The van der Waals surface area contributed by atoms with Crippen molar-refractivity contribution in [1.82, 2.24) is 20.2 Å². The number of nitrogens with zero attached hydrogens (tertiary/aromatic N) is 3. The van der Waals surface area contributed by atoms with Crippen molar-refractivity contribution in [3.63, 3.8) is 0 Å². The number of hydrogen-bond donors (Lipinski definition) is 2. The maximum atomic E-state index is 13.6. The maximum Gasteiger partial charge on any atom is 0.271 e. The van der Waals surface area contributed by atoms with E-state index in [9.17, 15) is 14.7 Å². The van der Waals surface area contributed by atoms with Crippen molar-refractivity contribution < 1.29 is 14.7 Å². The lowest BCUT2D eigenvalue weighted by Crippen LogP contribution is -2.58. The smallest absolute Gasteiger partial charge is 0.271 e. The Bertz CT molecular complexity index is 1110. The van der Waals surface area contributed by atoms with E-state index in [1.54, 1.807) is 6.20 Å². The molecule has 2 N–H and O–H groups in total. The Morgan fingerprint density at radius 1 is 1.17 bits per heavy atom. The van der Waals surface area contributed by atoms with E-state index in [0.717, 1.165) is 38.6 Å². The average Bonchev–Trinajstić information content (AvgIpc) is 2.90. The number of nitrogens with one attached hydrogen (secondary N) is 1.